The van der Waals surface area contributed by atoms with Crippen molar-refractivity contribution in [2.24, 2.45) is 0 Å². The monoisotopic (exact) mass is 608 g/mol. The maximum atomic E-state index is 13.8. The molecule has 0 bridgehead atoms. The molecule has 2 heterocycles. The van der Waals surface area contributed by atoms with E-state index in [4.69, 9.17) is 4.74 Å². The number of amides is 1. The summed E-state index contributed by atoms with van der Waals surface area (Å²) >= 11 is 0. The number of carboxylic acid groups (broad SMARTS) is 1. The number of aryl methyl sites for hydroxylation is 1. The first kappa shape index (κ1) is 29.9. The summed E-state index contributed by atoms with van der Waals surface area (Å²) in [5.74, 6) is 0.194. The van der Waals surface area contributed by atoms with Gasteiger partial charge in [-0.3, -0.25) is 9.21 Å². The second-order valence-electron chi connectivity index (χ2n) is 9.51. The van der Waals surface area contributed by atoms with Gasteiger partial charge in [0.1, 0.15) is 23.2 Å². The first-order chi connectivity index (χ1) is 18.9. The van der Waals surface area contributed by atoms with Crippen molar-refractivity contribution in [2.75, 3.05) is 15.7 Å². The Labute approximate surface area is 228 Å². The van der Waals surface area contributed by atoms with E-state index in [9.17, 15) is 44.7 Å². The van der Waals surface area contributed by atoms with Crippen LogP contribution in [0.25, 0.3) is 0 Å². The molecule has 18 heteroatoms. The molecule has 41 heavy (non-hydrogen) atoms. The summed E-state index contributed by atoms with van der Waals surface area (Å²) in [6.07, 6.45) is -12.4. The highest BCUT2D eigenvalue weighted by molar-refractivity contribution is 7.92. The van der Waals surface area contributed by atoms with Crippen LogP contribution >= 0.6 is 0 Å². The fraction of sp³-hybridized carbons (Fsp3) is 0.391. The summed E-state index contributed by atoms with van der Waals surface area (Å²) < 4.78 is 115. The zero-order valence-corrected chi connectivity index (χ0v) is 22.0. The molecule has 3 aromatic rings. The van der Waals surface area contributed by atoms with E-state index in [1.807, 2.05) is 0 Å². The van der Waals surface area contributed by atoms with Crippen molar-refractivity contribution in [1.82, 2.24) is 20.6 Å². The van der Waals surface area contributed by atoms with Crippen LogP contribution in [0.3, 0.4) is 0 Å². The number of ether oxygens (including phenoxy) is 1. The fourth-order valence-electron chi connectivity index (χ4n) is 4.16. The maximum Gasteiger partial charge on any atom is 0.416 e. The van der Waals surface area contributed by atoms with E-state index in [0.29, 0.717) is 36.1 Å². The SMILES string of the molecule is CC(C)(N(C(=O)O)c1ccc2c(c1)N(S(=O)(=O)c1cccc(C(F)(F)F)c1)C[C@H](CCc1nnn[nH]1)O2)C(F)(F)F. The minimum atomic E-state index is -5.03. The van der Waals surface area contributed by atoms with Gasteiger partial charge in [-0.1, -0.05) is 6.07 Å². The summed E-state index contributed by atoms with van der Waals surface area (Å²) in [5.41, 5.74) is -5.08. The number of tetrazole rings is 1. The largest absolute Gasteiger partial charge is 0.486 e. The molecule has 2 N–H and O–H groups in total. The van der Waals surface area contributed by atoms with Gasteiger partial charge in [0.25, 0.3) is 10.0 Å². The molecule has 1 aliphatic rings. The van der Waals surface area contributed by atoms with E-state index in [1.165, 1.54) is 0 Å². The van der Waals surface area contributed by atoms with Gasteiger partial charge in [-0.2, -0.15) is 26.3 Å². The Balaban J connectivity index is 1.82. The van der Waals surface area contributed by atoms with Crippen molar-refractivity contribution in [3.05, 3.63) is 53.9 Å². The van der Waals surface area contributed by atoms with Crippen molar-refractivity contribution >= 4 is 27.5 Å². The molecule has 11 nitrogen and oxygen atoms in total. The number of fused-ring (bicyclic) bond motifs is 1. The molecular formula is C23H22F6N6O5S. The molecule has 0 unspecified atom stereocenters. The van der Waals surface area contributed by atoms with E-state index in [0.717, 1.165) is 30.3 Å². The van der Waals surface area contributed by atoms with Crippen LogP contribution < -0.4 is 13.9 Å². The van der Waals surface area contributed by atoms with E-state index in [2.05, 4.69) is 20.6 Å². The van der Waals surface area contributed by atoms with Crippen LogP contribution in [0.4, 0.5) is 42.5 Å². The third-order valence-corrected chi connectivity index (χ3v) is 8.19. The molecule has 2 aromatic carbocycles. The predicted octanol–water partition coefficient (Wildman–Crippen LogP) is 4.63. The Morgan fingerprint density at radius 1 is 1.15 bits per heavy atom. The quantitative estimate of drug-likeness (QED) is 0.370. The van der Waals surface area contributed by atoms with Crippen molar-refractivity contribution < 1.29 is 49.4 Å². The summed E-state index contributed by atoms with van der Waals surface area (Å²) in [6.45, 7) is 0.789. The van der Waals surface area contributed by atoms with Crippen LogP contribution in [0.5, 0.6) is 5.75 Å². The number of rotatable bonds is 7. The summed E-state index contributed by atoms with van der Waals surface area (Å²) in [4.78, 5) is 11.3. The van der Waals surface area contributed by atoms with Crippen LogP contribution in [0, 0.1) is 0 Å². The average molecular weight is 609 g/mol. The molecule has 4 rings (SSSR count). The smallest absolute Gasteiger partial charge is 0.416 e. The number of carbonyl (C=O) groups is 1. The highest BCUT2D eigenvalue weighted by atomic mass is 32.2. The van der Waals surface area contributed by atoms with Crippen LogP contribution in [-0.2, 0) is 22.6 Å². The highest BCUT2D eigenvalue weighted by Gasteiger charge is 2.54. The fourth-order valence-corrected chi connectivity index (χ4v) is 5.70. The van der Waals surface area contributed by atoms with E-state index in [-0.39, 0.29) is 29.2 Å². The topological polar surface area (TPSA) is 142 Å². The van der Waals surface area contributed by atoms with Crippen molar-refractivity contribution in [3.8, 4) is 5.75 Å². The number of aromatic amines is 1. The Kier molecular flexibility index (Phi) is 7.57. The average Bonchev–Trinajstić information content (AvgIpc) is 3.39. The maximum absolute atomic E-state index is 13.8. The summed E-state index contributed by atoms with van der Waals surface area (Å²) in [5, 5.41) is 22.8. The third-order valence-electron chi connectivity index (χ3n) is 6.42. The van der Waals surface area contributed by atoms with Crippen LogP contribution in [0.1, 0.15) is 31.7 Å². The van der Waals surface area contributed by atoms with Gasteiger partial charge >= 0.3 is 18.4 Å². The lowest BCUT2D eigenvalue weighted by atomic mass is 10.0. The number of sulfonamides is 1. The van der Waals surface area contributed by atoms with E-state index >= 15 is 0 Å². The Hall–Kier alpha value is -4.09. The minimum Gasteiger partial charge on any atom is -0.486 e. The van der Waals surface area contributed by atoms with Crippen LogP contribution in [-0.4, -0.2) is 64.6 Å². The zero-order valence-electron chi connectivity index (χ0n) is 21.2. The first-order valence-corrected chi connectivity index (χ1v) is 13.2. The lowest BCUT2D eigenvalue weighted by Gasteiger charge is -2.39. The van der Waals surface area contributed by atoms with Gasteiger partial charge < -0.3 is 9.84 Å². The number of benzene rings is 2. The van der Waals surface area contributed by atoms with Gasteiger partial charge in [-0.15, -0.1) is 5.10 Å². The number of anilines is 2. The van der Waals surface area contributed by atoms with Gasteiger partial charge in [0.15, 0.2) is 0 Å². The molecule has 0 saturated heterocycles. The van der Waals surface area contributed by atoms with Crippen molar-refractivity contribution in [3.63, 3.8) is 0 Å². The van der Waals surface area contributed by atoms with E-state index < -0.39 is 62.8 Å². The van der Waals surface area contributed by atoms with Crippen LogP contribution in [0.15, 0.2) is 47.4 Å². The van der Waals surface area contributed by atoms with Gasteiger partial charge in [0.2, 0.25) is 0 Å². The molecule has 0 spiro atoms. The number of hydrogen-bond acceptors (Lipinski definition) is 7. The molecule has 1 aliphatic heterocycles. The minimum absolute atomic E-state index is 0.0192. The Bertz CT molecular complexity index is 1530. The number of nitrogens with zero attached hydrogens (tertiary/aromatic N) is 5. The molecular weight excluding hydrogens is 586 g/mol. The predicted molar refractivity (Wildman–Crippen MR) is 130 cm³/mol. The molecule has 0 aliphatic carbocycles. The molecule has 1 aromatic heterocycles. The molecule has 0 radical (unpaired) electrons. The number of nitrogens with one attached hydrogen (secondary N) is 1. The first-order valence-electron chi connectivity index (χ1n) is 11.8. The van der Waals surface area contributed by atoms with Gasteiger partial charge in [-0.25, -0.2) is 18.3 Å². The zero-order chi connectivity index (χ0) is 30.4. The van der Waals surface area contributed by atoms with Gasteiger partial charge in [0.05, 0.1) is 28.4 Å². The van der Waals surface area contributed by atoms with Crippen molar-refractivity contribution in [2.45, 2.75) is 55.6 Å². The molecule has 1 atom stereocenters. The normalized spacial score (nSPS) is 16.2. The summed E-state index contributed by atoms with van der Waals surface area (Å²) in [6, 6.07) is 5.94. The van der Waals surface area contributed by atoms with Gasteiger partial charge in [0, 0.05) is 6.42 Å². The Morgan fingerprint density at radius 2 is 1.85 bits per heavy atom. The third kappa shape index (κ3) is 5.86. The molecule has 0 saturated carbocycles. The number of halogens is 6. The second kappa shape index (κ2) is 10.4. The lowest BCUT2D eigenvalue weighted by Crippen LogP contribution is -2.57. The number of hydrogen-bond donors (Lipinski definition) is 2. The molecule has 1 amide bonds. The van der Waals surface area contributed by atoms with Gasteiger partial charge in [-0.05, 0) is 67.1 Å². The second-order valence-corrected chi connectivity index (χ2v) is 11.4. The summed E-state index contributed by atoms with van der Waals surface area (Å²) in [7, 11) is -4.77. The number of aromatic nitrogens is 4. The number of H-pyrrole nitrogens is 1. The van der Waals surface area contributed by atoms with E-state index in [1.54, 1.807) is 0 Å². The molecule has 222 valence electrons. The standard InChI is InChI=1S/C23H22F6N6O5S/c1-21(2,23(27,28)29)35(20(36)37)14-6-8-18-17(11-14)34(12-15(40-18)7-9-19-30-32-33-31-19)41(38,39)16-5-3-4-13(10-16)22(24,25)26/h3-6,8,10-11,15H,7,9,12H2,1-2H3,(H,36,37)(H,30,31,32,33)/t15-/m0/s1. The van der Waals surface area contributed by atoms with Crippen molar-refractivity contribution in [1.29, 1.82) is 0 Å². The highest BCUT2D eigenvalue weighted by Crippen LogP contribution is 2.44. The van der Waals surface area contributed by atoms with Crippen LogP contribution in [0.2, 0.25) is 0 Å². The lowest BCUT2D eigenvalue weighted by molar-refractivity contribution is -0.175. The molecule has 0 fully saturated rings. The Morgan fingerprint density at radius 3 is 2.44 bits per heavy atom. The number of alkyl halides is 6.